The molecule has 1 heterocycles. The van der Waals surface area contributed by atoms with Gasteiger partial charge in [0.25, 0.3) is 11.5 Å². The summed E-state index contributed by atoms with van der Waals surface area (Å²) in [6.07, 6.45) is 0.221. The fraction of sp³-hybridized carbons (Fsp3) is 0.158. The molecule has 0 spiro atoms. The largest absolute Gasteiger partial charge is 0.451 e. The number of aromatic nitrogens is 2. The van der Waals surface area contributed by atoms with E-state index in [0.717, 1.165) is 4.57 Å². The summed E-state index contributed by atoms with van der Waals surface area (Å²) in [6, 6.07) is 13.5. The van der Waals surface area contributed by atoms with E-state index in [9.17, 15) is 14.4 Å². The van der Waals surface area contributed by atoms with Crippen LogP contribution in [0, 0.1) is 0 Å². The van der Waals surface area contributed by atoms with E-state index in [2.05, 4.69) is 10.3 Å². The van der Waals surface area contributed by atoms with Crippen LogP contribution < -0.4 is 10.9 Å². The number of carbonyl (C=O) groups excluding carboxylic acids is 2. The van der Waals surface area contributed by atoms with Crippen LogP contribution in [0.15, 0.2) is 59.7 Å². The first-order valence-electron chi connectivity index (χ1n) is 8.15. The normalized spacial score (nSPS) is 11.8. The maximum atomic E-state index is 12.4. The number of nitrogens with zero attached hydrogens (tertiary/aromatic N) is 2. The van der Waals surface area contributed by atoms with Crippen molar-refractivity contribution in [3.8, 4) is 0 Å². The zero-order valence-electron chi connectivity index (χ0n) is 14.4. The molecule has 0 bridgehead atoms. The molecule has 0 saturated carbocycles. The number of para-hydroxylation sites is 2. The summed E-state index contributed by atoms with van der Waals surface area (Å²) >= 11 is 5.98. The van der Waals surface area contributed by atoms with Crippen LogP contribution in [0.4, 0.5) is 5.69 Å². The van der Waals surface area contributed by atoms with E-state index in [1.54, 1.807) is 48.5 Å². The Morgan fingerprint density at radius 3 is 2.67 bits per heavy atom. The number of hydrogen-bond acceptors (Lipinski definition) is 5. The van der Waals surface area contributed by atoms with E-state index in [-0.39, 0.29) is 12.1 Å². The summed E-state index contributed by atoms with van der Waals surface area (Å²) in [5.41, 5.74) is 0.604. The molecule has 1 atom stereocenters. The number of esters is 1. The Labute approximate surface area is 159 Å². The first-order valence-corrected chi connectivity index (χ1v) is 8.52. The molecular weight excluding hydrogens is 370 g/mol. The Kier molecular flexibility index (Phi) is 5.52. The molecule has 1 N–H and O–H groups in total. The van der Waals surface area contributed by atoms with Gasteiger partial charge in [-0.15, -0.1) is 0 Å². The Hall–Kier alpha value is -3.19. The van der Waals surface area contributed by atoms with Gasteiger partial charge >= 0.3 is 5.97 Å². The SMILES string of the molecule is CC(OC(=O)Cn1cnc2ccccc2c1=O)C(=O)Nc1ccccc1Cl. The number of nitrogens with one attached hydrogen (secondary N) is 1. The highest BCUT2D eigenvalue weighted by Gasteiger charge is 2.19. The van der Waals surface area contributed by atoms with Crippen molar-refractivity contribution in [1.82, 2.24) is 9.55 Å². The second-order valence-electron chi connectivity index (χ2n) is 5.80. The molecule has 7 nitrogen and oxygen atoms in total. The number of fused-ring (bicyclic) bond motifs is 1. The van der Waals surface area contributed by atoms with Gasteiger partial charge in [0.05, 0.1) is 27.9 Å². The van der Waals surface area contributed by atoms with Gasteiger partial charge in [0.15, 0.2) is 6.10 Å². The molecule has 0 aliphatic carbocycles. The van der Waals surface area contributed by atoms with E-state index in [1.165, 1.54) is 13.3 Å². The lowest BCUT2D eigenvalue weighted by molar-refractivity contribution is -0.153. The number of carbonyl (C=O) groups is 2. The number of amides is 1. The smallest absolute Gasteiger partial charge is 0.326 e. The van der Waals surface area contributed by atoms with Crippen LogP contribution in [0.2, 0.25) is 5.02 Å². The van der Waals surface area contributed by atoms with Gasteiger partial charge in [-0.25, -0.2) is 4.98 Å². The minimum Gasteiger partial charge on any atom is -0.451 e. The molecule has 2 aromatic carbocycles. The van der Waals surface area contributed by atoms with Crippen LogP contribution in [0.25, 0.3) is 10.9 Å². The van der Waals surface area contributed by atoms with Crippen LogP contribution in [0.5, 0.6) is 0 Å². The summed E-state index contributed by atoms with van der Waals surface area (Å²) < 4.78 is 6.26. The van der Waals surface area contributed by atoms with Crippen LogP contribution in [-0.2, 0) is 20.9 Å². The summed E-state index contributed by atoms with van der Waals surface area (Å²) in [6.45, 7) is 1.09. The second-order valence-corrected chi connectivity index (χ2v) is 6.20. The number of anilines is 1. The minimum absolute atomic E-state index is 0.347. The highest BCUT2D eigenvalue weighted by molar-refractivity contribution is 6.33. The first kappa shape index (κ1) is 18.6. The fourth-order valence-corrected chi connectivity index (χ4v) is 2.63. The Morgan fingerprint density at radius 1 is 1.19 bits per heavy atom. The van der Waals surface area contributed by atoms with Crippen molar-refractivity contribution in [1.29, 1.82) is 0 Å². The average molecular weight is 386 g/mol. The van der Waals surface area contributed by atoms with E-state index in [1.807, 2.05) is 0 Å². The maximum Gasteiger partial charge on any atom is 0.326 e. The maximum absolute atomic E-state index is 12.4. The molecule has 0 fully saturated rings. The van der Waals surface area contributed by atoms with Crippen molar-refractivity contribution >= 4 is 40.1 Å². The van der Waals surface area contributed by atoms with Crippen molar-refractivity contribution < 1.29 is 14.3 Å². The van der Waals surface area contributed by atoms with Crippen LogP contribution in [0.3, 0.4) is 0 Å². The average Bonchev–Trinajstić information content (AvgIpc) is 2.66. The van der Waals surface area contributed by atoms with Gasteiger partial charge in [-0.1, -0.05) is 35.9 Å². The van der Waals surface area contributed by atoms with E-state index >= 15 is 0 Å². The number of ether oxygens (including phenoxy) is 1. The molecular formula is C19H16ClN3O4. The molecule has 0 radical (unpaired) electrons. The molecule has 138 valence electrons. The van der Waals surface area contributed by atoms with E-state index < -0.39 is 18.0 Å². The fourth-order valence-electron chi connectivity index (χ4n) is 2.44. The van der Waals surface area contributed by atoms with Crippen molar-refractivity contribution in [2.45, 2.75) is 19.6 Å². The zero-order chi connectivity index (χ0) is 19.4. The summed E-state index contributed by atoms with van der Waals surface area (Å²) in [5.74, 6) is -1.25. The van der Waals surface area contributed by atoms with Crippen molar-refractivity contribution in [2.75, 3.05) is 5.32 Å². The number of halogens is 1. The minimum atomic E-state index is -1.06. The van der Waals surface area contributed by atoms with Crippen LogP contribution in [0.1, 0.15) is 6.92 Å². The lowest BCUT2D eigenvalue weighted by Gasteiger charge is -2.14. The Morgan fingerprint density at radius 2 is 1.89 bits per heavy atom. The molecule has 8 heteroatoms. The topological polar surface area (TPSA) is 90.3 Å². The highest BCUT2D eigenvalue weighted by atomic mass is 35.5. The number of hydrogen-bond donors (Lipinski definition) is 1. The summed E-state index contributed by atoms with van der Waals surface area (Å²) in [5, 5.41) is 3.36. The predicted molar refractivity (Wildman–Crippen MR) is 102 cm³/mol. The second kappa shape index (κ2) is 8.01. The number of benzene rings is 2. The quantitative estimate of drug-likeness (QED) is 0.682. The van der Waals surface area contributed by atoms with Gasteiger partial charge in [0, 0.05) is 0 Å². The lowest BCUT2D eigenvalue weighted by atomic mass is 10.2. The van der Waals surface area contributed by atoms with E-state index in [0.29, 0.717) is 21.6 Å². The standard InChI is InChI=1S/C19H16ClN3O4/c1-12(18(25)22-16-9-5-3-7-14(16)20)27-17(24)10-23-11-21-15-8-4-2-6-13(15)19(23)26/h2-9,11-12H,10H2,1H3,(H,22,25). The van der Waals surface area contributed by atoms with Crippen molar-refractivity contribution in [3.63, 3.8) is 0 Å². The zero-order valence-corrected chi connectivity index (χ0v) is 15.1. The molecule has 3 rings (SSSR count). The van der Waals surface area contributed by atoms with E-state index in [4.69, 9.17) is 16.3 Å². The summed E-state index contributed by atoms with van der Waals surface area (Å²) in [4.78, 5) is 40.8. The van der Waals surface area contributed by atoms with Gasteiger partial charge in [-0.05, 0) is 31.2 Å². The highest BCUT2D eigenvalue weighted by Crippen LogP contribution is 2.20. The molecule has 1 aromatic heterocycles. The van der Waals surface area contributed by atoms with Crippen LogP contribution >= 0.6 is 11.6 Å². The van der Waals surface area contributed by atoms with Gasteiger partial charge in [0.2, 0.25) is 0 Å². The third-order valence-corrected chi connectivity index (χ3v) is 4.17. The molecule has 0 aliphatic rings. The third-order valence-electron chi connectivity index (χ3n) is 3.84. The molecule has 3 aromatic rings. The Bertz CT molecular complexity index is 1060. The van der Waals surface area contributed by atoms with Crippen molar-refractivity contribution in [2.24, 2.45) is 0 Å². The lowest BCUT2D eigenvalue weighted by Crippen LogP contribution is -2.33. The van der Waals surface area contributed by atoms with Gasteiger partial charge < -0.3 is 10.1 Å². The monoisotopic (exact) mass is 385 g/mol. The van der Waals surface area contributed by atoms with Gasteiger partial charge in [0.1, 0.15) is 6.54 Å². The molecule has 27 heavy (non-hydrogen) atoms. The Balaban J connectivity index is 1.65. The number of rotatable bonds is 5. The predicted octanol–water partition coefficient (Wildman–Crippen LogP) is 2.62. The van der Waals surface area contributed by atoms with Crippen LogP contribution in [-0.4, -0.2) is 27.5 Å². The molecule has 1 amide bonds. The van der Waals surface area contributed by atoms with Gasteiger partial charge in [-0.2, -0.15) is 0 Å². The van der Waals surface area contributed by atoms with Crippen molar-refractivity contribution in [3.05, 3.63) is 70.2 Å². The molecule has 0 saturated heterocycles. The third kappa shape index (κ3) is 4.32. The molecule has 0 aliphatic heterocycles. The summed E-state index contributed by atoms with van der Waals surface area (Å²) in [7, 11) is 0. The van der Waals surface area contributed by atoms with Gasteiger partial charge in [-0.3, -0.25) is 19.0 Å². The first-order chi connectivity index (χ1) is 13.0. The molecule has 1 unspecified atom stereocenters.